The van der Waals surface area contributed by atoms with Crippen molar-refractivity contribution in [2.45, 2.75) is 20.1 Å². The second-order valence-corrected chi connectivity index (χ2v) is 9.59. The van der Waals surface area contributed by atoms with Crippen molar-refractivity contribution in [3.05, 3.63) is 102 Å². The number of amides is 2. The van der Waals surface area contributed by atoms with Gasteiger partial charge in [-0.2, -0.15) is 0 Å². The van der Waals surface area contributed by atoms with Gasteiger partial charge in [0.15, 0.2) is 11.5 Å². The fourth-order valence-corrected chi connectivity index (χ4v) is 4.95. The maximum absolute atomic E-state index is 13.0. The Kier molecular flexibility index (Phi) is 8.38. The Morgan fingerprint density at radius 2 is 1.73 bits per heavy atom. The standard InChI is InChI=1S/C26H20Cl2N2O6S/c1-2-35-23-12-16(10-11-22(23)36-15-18-19(27)7-5-8-20(18)28)13-24-25(31)29(26(32)37-24)14-17-6-3-4-9-21(17)30(33)34/h3-13H,2,14-15H2,1H3/b24-13-. The van der Waals surface area contributed by atoms with Gasteiger partial charge in [-0.15, -0.1) is 0 Å². The van der Waals surface area contributed by atoms with E-state index in [2.05, 4.69) is 0 Å². The highest BCUT2D eigenvalue weighted by atomic mass is 35.5. The number of hydrogen-bond acceptors (Lipinski definition) is 7. The average molecular weight is 559 g/mol. The minimum Gasteiger partial charge on any atom is -0.490 e. The van der Waals surface area contributed by atoms with Crippen LogP contribution in [0.4, 0.5) is 10.5 Å². The summed E-state index contributed by atoms with van der Waals surface area (Å²) in [6, 6.07) is 16.3. The largest absolute Gasteiger partial charge is 0.490 e. The van der Waals surface area contributed by atoms with Gasteiger partial charge in [0.2, 0.25) is 0 Å². The Labute approximate surface area is 226 Å². The first-order chi connectivity index (χ1) is 17.8. The average Bonchev–Trinajstić information content (AvgIpc) is 3.12. The first-order valence-corrected chi connectivity index (χ1v) is 12.7. The van der Waals surface area contributed by atoms with Crippen LogP contribution in [0.3, 0.4) is 0 Å². The van der Waals surface area contributed by atoms with E-state index in [0.717, 1.165) is 16.7 Å². The molecule has 1 heterocycles. The van der Waals surface area contributed by atoms with Crippen LogP contribution in [0, 0.1) is 10.1 Å². The first kappa shape index (κ1) is 26.5. The lowest BCUT2D eigenvalue weighted by molar-refractivity contribution is -0.385. The van der Waals surface area contributed by atoms with Crippen molar-refractivity contribution in [2.75, 3.05) is 6.61 Å². The van der Waals surface area contributed by atoms with Crippen molar-refractivity contribution >= 4 is 57.9 Å². The number of carbonyl (C=O) groups excluding carboxylic acids is 2. The Bertz CT molecular complexity index is 1390. The molecule has 11 heteroatoms. The molecule has 0 unspecified atom stereocenters. The summed E-state index contributed by atoms with van der Waals surface area (Å²) in [5, 5.41) is 11.8. The summed E-state index contributed by atoms with van der Waals surface area (Å²) in [6.45, 7) is 2.14. The SMILES string of the molecule is CCOc1cc(/C=C2\SC(=O)N(Cc3ccccc3[N+](=O)[O-])C2=O)ccc1OCc1c(Cl)cccc1Cl. The van der Waals surface area contributed by atoms with Crippen molar-refractivity contribution in [3.8, 4) is 11.5 Å². The van der Waals surface area contributed by atoms with Crippen molar-refractivity contribution in [1.82, 2.24) is 4.90 Å². The minimum atomic E-state index is -0.539. The molecule has 8 nitrogen and oxygen atoms in total. The number of rotatable bonds is 9. The fourth-order valence-electron chi connectivity index (χ4n) is 3.60. The van der Waals surface area contributed by atoms with Crippen molar-refractivity contribution in [1.29, 1.82) is 0 Å². The molecule has 190 valence electrons. The van der Waals surface area contributed by atoms with E-state index in [-0.39, 0.29) is 29.3 Å². The molecule has 0 radical (unpaired) electrons. The number of nitro benzene ring substituents is 1. The number of hydrogen-bond donors (Lipinski definition) is 0. The number of carbonyl (C=O) groups is 2. The number of benzene rings is 3. The highest BCUT2D eigenvalue weighted by Gasteiger charge is 2.36. The van der Waals surface area contributed by atoms with E-state index >= 15 is 0 Å². The molecule has 0 saturated carbocycles. The van der Waals surface area contributed by atoms with Crippen LogP contribution >= 0.6 is 35.0 Å². The van der Waals surface area contributed by atoms with Gasteiger partial charge < -0.3 is 9.47 Å². The molecular formula is C26H20Cl2N2O6S. The number of para-hydroxylation sites is 1. The molecule has 0 atom stereocenters. The third kappa shape index (κ3) is 6.07. The van der Waals surface area contributed by atoms with Crippen molar-refractivity contribution in [2.24, 2.45) is 0 Å². The van der Waals surface area contributed by atoms with Gasteiger partial charge in [0.05, 0.1) is 23.0 Å². The lowest BCUT2D eigenvalue weighted by atomic mass is 10.1. The molecule has 37 heavy (non-hydrogen) atoms. The van der Waals surface area contributed by atoms with E-state index in [0.29, 0.717) is 39.3 Å². The summed E-state index contributed by atoms with van der Waals surface area (Å²) < 4.78 is 11.6. The smallest absolute Gasteiger partial charge is 0.293 e. The van der Waals surface area contributed by atoms with E-state index in [1.807, 2.05) is 6.92 Å². The van der Waals surface area contributed by atoms with Gasteiger partial charge in [0, 0.05) is 27.2 Å². The highest BCUT2D eigenvalue weighted by molar-refractivity contribution is 8.18. The monoisotopic (exact) mass is 558 g/mol. The summed E-state index contributed by atoms with van der Waals surface area (Å²) in [4.78, 5) is 37.5. The van der Waals surface area contributed by atoms with Crippen LogP contribution in [0.2, 0.25) is 10.0 Å². The van der Waals surface area contributed by atoms with Gasteiger partial charge in [-0.1, -0.05) is 53.5 Å². The Hall–Kier alpha value is -3.53. The van der Waals surface area contributed by atoms with Crippen LogP contribution < -0.4 is 9.47 Å². The second kappa shape index (κ2) is 11.7. The quantitative estimate of drug-likeness (QED) is 0.156. The Balaban J connectivity index is 1.54. The normalized spacial score (nSPS) is 14.4. The van der Waals surface area contributed by atoms with Crippen LogP contribution in [0.15, 0.2) is 65.6 Å². The molecule has 2 amide bonds. The predicted molar refractivity (Wildman–Crippen MR) is 143 cm³/mol. The molecule has 0 aliphatic carbocycles. The van der Waals surface area contributed by atoms with Crippen LogP contribution in [-0.2, 0) is 17.9 Å². The molecule has 0 bridgehead atoms. The summed E-state index contributed by atoms with van der Waals surface area (Å²) >= 11 is 13.2. The topological polar surface area (TPSA) is 99.0 Å². The molecule has 0 aromatic heterocycles. The van der Waals surface area contributed by atoms with E-state index in [4.69, 9.17) is 32.7 Å². The first-order valence-electron chi connectivity index (χ1n) is 11.1. The van der Waals surface area contributed by atoms with Gasteiger partial charge in [0.1, 0.15) is 6.61 Å². The van der Waals surface area contributed by atoms with Crippen molar-refractivity contribution in [3.63, 3.8) is 0 Å². The van der Waals surface area contributed by atoms with E-state index in [1.165, 1.54) is 18.2 Å². The summed E-state index contributed by atoms with van der Waals surface area (Å²) in [7, 11) is 0. The number of nitro groups is 1. The molecule has 1 saturated heterocycles. The minimum absolute atomic E-state index is 0.127. The molecule has 0 spiro atoms. The van der Waals surface area contributed by atoms with Crippen molar-refractivity contribution < 1.29 is 24.0 Å². The second-order valence-electron chi connectivity index (χ2n) is 7.78. The van der Waals surface area contributed by atoms with Gasteiger partial charge in [-0.3, -0.25) is 24.6 Å². The summed E-state index contributed by atoms with van der Waals surface area (Å²) in [5.74, 6) is 0.373. The zero-order valence-electron chi connectivity index (χ0n) is 19.5. The molecule has 1 aliphatic heterocycles. The molecule has 0 N–H and O–H groups in total. The van der Waals surface area contributed by atoms with Gasteiger partial charge in [0.25, 0.3) is 16.8 Å². The van der Waals surface area contributed by atoms with Crippen LogP contribution in [0.1, 0.15) is 23.6 Å². The van der Waals surface area contributed by atoms with Crippen LogP contribution in [0.25, 0.3) is 6.08 Å². The molecular weight excluding hydrogens is 539 g/mol. The number of imide groups is 1. The lowest BCUT2D eigenvalue weighted by Crippen LogP contribution is -2.27. The van der Waals surface area contributed by atoms with Crippen LogP contribution in [0.5, 0.6) is 11.5 Å². The fraction of sp³-hybridized carbons (Fsp3) is 0.154. The molecule has 4 rings (SSSR count). The molecule has 3 aromatic rings. The Morgan fingerprint density at radius 3 is 2.43 bits per heavy atom. The van der Waals surface area contributed by atoms with E-state index < -0.39 is 16.1 Å². The lowest BCUT2D eigenvalue weighted by Gasteiger charge is -2.14. The molecule has 3 aromatic carbocycles. The predicted octanol–water partition coefficient (Wildman–Crippen LogP) is 7.12. The third-order valence-corrected chi connectivity index (χ3v) is 7.01. The number of nitrogens with zero attached hydrogens (tertiary/aromatic N) is 2. The Morgan fingerprint density at radius 1 is 1.00 bits per heavy atom. The van der Waals surface area contributed by atoms with Gasteiger partial charge >= 0.3 is 0 Å². The zero-order valence-corrected chi connectivity index (χ0v) is 21.8. The van der Waals surface area contributed by atoms with Gasteiger partial charge in [-0.05, 0) is 54.6 Å². The third-order valence-electron chi connectivity index (χ3n) is 5.39. The summed E-state index contributed by atoms with van der Waals surface area (Å²) in [5.41, 5.74) is 1.38. The maximum atomic E-state index is 13.0. The van der Waals surface area contributed by atoms with E-state index in [9.17, 15) is 19.7 Å². The molecule has 1 aliphatic rings. The van der Waals surface area contributed by atoms with Gasteiger partial charge in [-0.25, -0.2) is 0 Å². The number of ether oxygens (including phenoxy) is 2. The number of thioether (sulfide) groups is 1. The zero-order chi connectivity index (χ0) is 26.5. The summed E-state index contributed by atoms with van der Waals surface area (Å²) in [6.07, 6.45) is 1.57. The van der Waals surface area contributed by atoms with E-state index in [1.54, 1.807) is 48.5 Å². The molecule has 1 fully saturated rings. The van der Waals surface area contributed by atoms with Crippen LogP contribution in [-0.4, -0.2) is 27.6 Å². The highest BCUT2D eigenvalue weighted by Crippen LogP contribution is 2.37. The number of halogens is 2. The maximum Gasteiger partial charge on any atom is 0.293 e.